The third-order valence-corrected chi connectivity index (χ3v) is 3.59. The van der Waals surface area contributed by atoms with Crippen molar-refractivity contribution in [2.24, 2.45) is 11.7 Å². The zero-order valence-electron chi connectivity index (χ0n) is 11.0. The van der Waals surface area contributed by atoms with Gasteiger partial charge in [-0.3, -0.25) is 4.79 Å². The van der Waals surface area contributed by atoms with Gasteiger partial charge in [-0.2, -0.15) is 0 Å². The Bertz CT molecular complexity index is 420. The van der Waals surface area contributed by atoms with Crippen LogP contribution in [-0.4, -0.2) is 38.7 Å². The fraction of sp³-hybridized carbons (Fsp3) is 0.750. The summed E-state index contributed by atoms with van der Waals surface area (Å²) in [4.78, 5) is 11.9. The fourth-order valence-electron chi connectivity index (χ4n) is 2.53. The monoisotopic (exact) mass is 267 g/mol. The van der Waals surface area contributed by atoms with Gasteiger partial charge in [0.05, 0.1) is 11.9 Å². The molecule has 0 saturated heterocycles. The second kappa shape index (κ2) is 6.63. The molecule has 0 bridgehead atoms. The van der Waals surface area contributed by atoms with Gasteiger partial charge in [0.1, 0.15) is 6.54 Å². The van der Waals surface area contributed by atoms with Crippen molar-refractivity contribution in [2.75, 3.05) is 6.61 Å². The highest BCUT2D eigenvalue weighted by Crippen LogP contribution is 2.23. The molecule has 19 heavy (non-hydrogen) atoms. The molecule has 0 aliphatic heterocycles. The number of nitrogens with one attached hydrogen (secondary N) is 1. The number of hydrogen-bond acceptors (Lipinski definition) is 5. The lowest BCUT2D eigenvalue weighted by atomic mass is 9.85. The van der Waals surface area contributed by atoms with Crippen LogP contribution in [-0.2, 0) is 17.9 Å². The first-order valence-electron chi connectivity index (χ1n) is 6.72. The predicted molar refractivity (Wildman–Crippen MR) is 68.9 cm³/mol. The summed E-state index contributed by atoms with van der Waals surface area (Å²) in [6, 6.07) is 0.0729. The lowest BCUT2D eigenvalue weighted by Crippen LogP contribution is -2.44. The first-order chi connectivity index (χ1) is 9.22. The largest absolute Gasteiger partial charge is 0.396 e. The number of aliphatic hydroxyl groups excluding tert-OH is 1. The number of hydrogen-bond donors (Lipinski definition) is 3. The van der Waals surface area contributed by atoms with E-state index in [9.17, 15) is 9.90 Å². The Kier molecular flexibility index (Phi) is 4.86. The SMILES string of the molecule is NCc1cn(CC(=O)NC2CCCCC2CO)nn1. The minimum atomic E-state index is -0.0983. The number of nitrogens with zero attached hydrogens (tertiary/aromatic N) is 3. The lowest BCUT2D eigenvalue weighted by Gasteiger charge is -2.30. The number of nitrogens with two attached hydrogens (primary N) is 1. The molecule has 1 aromatic rings. The van der Waals surface area contributed by atoms with Gasteiger partial charge in [0.2, 0.25) is 5.91 Å². The molecule has 1 heterocycles. The van der Waals surface area contributed by atoms with Gasteiger partial charge < -0.3 is 16.2 Å². The summed E-state index contributed by atoms with van der Waals surface area (Å²) in [5.74, 6) is 0.0758. The molecular formula is C12H21N5O2. The van der Waals surface area contributed by atoms with Crippen LogP contribution >= 0.6 is 0 Å². The first kappa shape index (κ1) is 14.0. The van der Waals surface area contributed by atoms with E-state index >= 15 is 0 Å². The average molecular weight is 267 g/mol. The minimum absolute atomic E-state index is 0.0729. The van der Waals surface area contributed by atoms with Crippen molar-refractivity contribution in [3.05, 3.63) is 11.9 Å². The highest BCUT2D eigenvalue weighted by Gasteiger charge is 2.25. The van der Waals surface area contributed by atoms with E-state index in [1.807, 2.05) is 0 Å². The Morgan fingerprint density at radius 3 is 3.00 bits per heavy atom. The van der Waals surface area contributed by atoms with Gasteiger partial charge in [-0.1, -0.05) is 18.1 Å². The summed E-state index contributed by atoms with van der Waals surface area (Å²) in [7, 11) is 0. The summed E-state index contributed by atoms with van der Waals surface area (Å²) < 4.78 is 1.48. The molecule has 2 unspecified atom stereocenters. The summed E-state index contributed by atoms with van der Waals surface area (Å²) in [5.41, 5.74) is 6.10. The number of carbonyl (C=O) groups excluding carboxylic acids is 1. The maximum Gasteiger partial charge on any atom is 0.242 e. The maximum atomic E-state index is 11.9. The topological polar surface area (TPSA) is 106 Å². The second-order valence-electron chi connectivity index (χ2n) is 5.01. The number of rotatable bonds is 5. The number of aromatic nitrogens is 3. The summed E-state index contributed by atoms with van der Waals surface area (Å²) in [6.45, 7) is 0.587. The van der Waals surface area contributed by atoms with E-state index < -0.39 is 0 Å². The molecule has 4 N–H and O–H groups in total. The van der Waals surface area contributed by atoms with Gasteiger partial charge in [-0.05, 0) is 12.8 Å². The van der Waals surface area contributed by atoms with Crippen LogP contribution in [0.3, 0.4) is 0 Å². The first-order valence-corrected chi connectivity index (χ1v) is 6.72. The zero-order valence-corrected chi connectivity index (χ0v) is 11.0. The zero-order chi connectivity index (χ0) is 13.7. The van der Waals surface area contributed by atoms with Gasteiger partial charge in [-0.15, -0.1) is 5.10 Å². The molecule has 7 heteroatoms. The molecule has 1 aliphatic carbocycles. The molecule has 0 radical (unpaired) electrons. The Hall–Kier alpha value is -1.47. The van der Waals surface area contributed by atoms with Crippen LogP contribution in [0.1, 0.15) is 31.4 Å². The van der Waals surface area contributed by atoms with E-state index in [2.05, 4.69) is 15.6 Å². The van der Waals surface area contributed by atoms with Gasteiger partial charge in [0.25, 0.3) is 0 Å². The Labute approximate surface area is 112 Å². The molecule has 2 rings (SSSR count). The number of amides is 1. The Morgan fingerprint density at radius 2 is 2.32 bits per heavy atom. The minimum Gasteiger partial charge on any atom is -0.396 e. The molecule has 106 valence electrons. The molecule has 0 spiro atoms. The highest BCUT2D eigenvalue weighted by atomic mass is 16.3. The normalized spacial score (nSPS) is 23.3. The summed E-state index contributed by atoms with van der Waals surface area (Å²) in [5, 5.41) is 20.0. The van der Waals surface area contributed by atoms with Crippen molar-refractivity contribution in [3.8, 4) is 0 Å². The van der Waals surface area contributed by atoms with Crippen LogP contribution in [0.15, 0.2) is 6.20 Å². The third-order valence-electron chi connectivity index (χ3n) is 3.59. The summed E-state index contributed by atoms with van der Waals surface area (Å²) >= 11 is 0. The molecule has 7 nitrogen and oxygen atoms in total. The molecule has 1 aromatic heterocycles. The van der Waals surface area contributed by atoms with Crippen LogP contribution in [0, 0.1) is 5.92 Å². The van der Waals surface area contributed by atoms with Crippen LogP contribution in [0.25, 0.3) is 0 Å². The number of aliphatic hydroxyl groups is 1. The lowest BCUT2D eigenvalue weighted by molar-refractivity contribution is -0.123. The van der Waals surface area contributed by atoms with Crippen molar-refractivity contribution in [1.29, 1.82) is 0 Å². The smallest absolute Gasteiger partial charge is 0.242 e. The second-order valence-corrected chi connectivity index (χ2v) is 5.01. The van der Waals surface area contributed by atoms with Gasteiger partial charge in [0.15, 0.2) is 0 Å². The van der Waals surface area contributed by atoms with E-state index in [-0.39, 0.29) is 31.0 Å². The molecule has 2 atom stereocenters. The summed E-state index contributed by atoms with van der Waals surface area (Å²) in [6.07, 6.45) is 5.80. The van der Waals surface area contributed by atoms with Crippen LogP contribution < -0.4 is 11.1 Å². The van der Waals surface area contributed by atoms with Crippen LogP contribution in [0.4, 0.5) is 0 Å². The van der Waals surface area contributed by atoms with E-state index in [1.54, 1.807) is 6.20 Å². The van der Waals surface area contributed by atoms with Crippen molar-refractivity contribution in [3.63, 3.8) is 0 Å². The van der Waals surface area contributed by atoms with Crippen LogP contribution in [0.5, 0.6) is 0 Å². The Morgan fingerprint density at radius 1 is 1.53 bits per heavy atom. The van der Waals surface area contributed by atoms with Gasteiger partial charge in [0, 0.05) is 25.1 Å². The quantitative estimate of drug-likeness (QED) is 0.661. The fourth-order valence-corrected chi connectivity index (χ4v) is 2.53. The van der Waals surface area contributed by atoms with Crippen LogP contribution in [0.2, 0.25) is 0 Å². The molecule has 1 amide bonds. The van der Waals surface area contributed by atoms with Crippen molar-refractivity contribution in [1.82, 2.24) is 20.3 Å². The van der Waals surface area contributed by atoms with E-state index in [0.717, 1.165) is 25.7 Å². The average Bonchev–Trinajstić information content (AvgIpc) is 2.87. The molecule has 1 saturated carbocycles. The van der Waals surface area contributed by atoms with Crippen molar-refractivity contribution >= 4 is 5.91 Å². The number of carbonyl (C=O) groups is 1. The maximum absolute atomic E-state index is 11.9. The van der Waals surface area contributed by atoms with E-state index in [4.69, 9.17) is 5.73 Å². The van der Waals surface area contributed by atoms with E-state index in [1.165, 1.54) is 4.68 Å². The molecular weight excluding hydrogens is 246 g/mol. The molecule has 1 aliphatic rings. The van der Waals surface area contributed by atoms with Gasteiger partial charge in [-0.25, -0.2) is 4.68 Å². The predicted octanol–water partition coefficient (Wildman–Crippen LogP) is -0.596. The molecule has 1 fully saturated rings. The van der Waals surface area contributed by atoms with Gasteiger partial charge >= 0.3 is 0 Å². The van der Waals surface area contributed by atoms with E-state index in [0.29, 0.717) is 12.2 Å². The standard InChI is InChI=1S/C12H21N5O2/c13-5-10-6-17(16-15-10)7-12(19)14-11-4-2-1-3-9(11)8-18/h6,9,11,18H,1-5,7-8,13H2,(H,14,19). The Balaban J connectivity index is 1.86. The molecule has 0 aromatic carbocycles. The van der Waals surface area contributed by atoms with Crippen molar-refractivity contribution < 1.29 is 9.90 Å². The third kappa shape index (κ3) is 3.74. The highest BCUT2D eigenvalue weighted by molar-refractivity contribution is 5.76. The van der Waals surface area contributed by atoms with Crippen molar-refractivity contribution in [2.45, 2.75) is 44.8 Å².